The van der Waals surface area contributed by atoms with Gasteiger partial charge in [-0.2, -0.15) is 0 Å². The predicted octanol–water partition coefficient (Wildman–Crippen LogP) is 3.98. The standard InChI is InChI=1S/C25H34N4O2.C3H4/c1-25(2)19-24(30)27(3)22-10-9-20(18-21(22)25)11-12-28-13-15-29(16-14-28)23-8-6-4-5-7-17-31-26-23;1-3-2/h4-7,9-10,18H,8,11-17,19H2,1-3H3;1H,2H3/b6-4-,7-5-,26-23+;. The smallest absolute Gasteiger partial charge is 0.227 e. The molecular formula is C28H38N4O2. The van der Waals surface area contributed by atoms with Gasteiger partial charge in [0.1, 0.15) is 12.4 Å². The molecule has 6 heteroatoms. The summed E-state index contributed by atoms with van der Waals surface area (Å²) < 4.78 is 0. The third-order valence-electron chi connectivity index (χ3n) is 6.60. The zero-order valence-corrected chi connectivity index (χ0v) is 21.1. The molecule has 0 aliphatic carbocycles. The molecule has 1 amide bonds. The van der Waals surface area contributed by atoms with Crippen LogP contribution < -0.4 is 4.90 Å². The molecule has 1 saturated heterocycles. The van der Waals surface area contributed by atoms with Crippen LogP contribution in [0.3, 0.4) is 0 Å². The number of nitrogens with zero attached hydrogens (tertiary/aromatic N) is 4. The van der Waals surface area contributed by atoms with E-state index in [0.717, 1.165) is 57.1 Å². The maximum Gasteiger partial charge on any atom is 0.227 e. The summed E-state index contributed by atoms with van der Waals surface area (Å²) in [6.07, 6.45) is 15.2. The molecule has 1 fully saturated rings. The molecule has 3 aliphatic heterocycles. The highest BCUT2D eigenvalue weighted by atomic mass is 16.6. The van der Waals surface area contributed by atoms with Crippen molar-refractivity contribution < 1.29 is 9.63 Å². The van der Waals surface area contributed by atoms with Crippen LogP contribution in [0.2, 0.25) is 0 Å². The second-order valence-electron chi connectivity index (χ2n) is 9.60. The molecule has 1 aromatic carbocycles. The average Bonchev–Trinajstić information content (AvgIpc) is 2.96. The predicted molar refractivity (Wildman–Crippen MR) is 140 cm³/mol. The fraction of sp³-hybridized carbons (Fsp3) is 0.500. The Morgan fingerprint density at radius 1 is 1.15 bits per heavy atom. The van der Waals surface area contributed by atoms with E-state index in [4.69, 9.17) is 4.84 Å². The number of carbonyl (C=O) groups excluding carboxylic acids is 1. The van der Waals surface area contributed by atoms with E-state index in [9.17, 15) is 4.79 Å². The van der Waals surface area contributed by atoms with Crippen molar-refractivity contribution in [2.24, 2.45) is 5.16 Å². The summed E-state index contributed by atoms with van der Waals surface area (Å²) in [5, 5.41) is 4.35. The molecule has 6 nitrogen and oxygen atoms in total. The SMILES string of the molecule is C#CC.CN1C(=O)CC(C)(C)c2cc(CCN3CCN(/C4=N/OC/C=C\C=C/C4)CC3)ccc21. The minimum absolute atomic E-state index is 0.107. The van der Waals surface area contributed by atoms with E-state index in [1.165, 1.54) is 11.1 Å². The normalized spacial score (nSPS) is 23.4. The van der Waals surface area contributed by atoms with Gasteiger partial charge in [-0.15, -0.1) is 12.3 Å². The van der Waals surface area contributed by atoms with E-state index in [0.29, 0.717) is 13.0 Å². The number of amidine groups is 1. The summed E-state index contributed by atoms with van der Waals surface area (Å²) in [6.45, 7) is 11.6. The highest BCUT2D eigenvalue weighted by Gasteiger charge is 2.35. The monoisotopic (exact) mass is 462 g/mol. The summed E-state index contributed by atoms with van der Waals surface area (Å²) in [5.74, 6) is 3.47. The van der Waals surface area contributed by atoms with Gasteiger partial charge >= 0.3 is 0 Å². The van der Waals surface area contributed by atoms with Crippen LogP contribution in [-0.2, 0) is 21.5 Å². The Kier molecular flexibility index (Phi) is 8.95. The molecule has 0 saturated carbocycles. The topological polar surface area (TPSA) is 48.4 Å². The zero-order valence-electron chi connectivity index (χ0n) is 21.1. The van der Waals surface area contributed by atoms with Crippen LogP contribution >= 0.6 is 0 Å². The van der Waals surface area contributed by atoms with Crippen LogP contribution in [0.4, 0.5) is 5.69 Å². The summed E-state index contributed by atoms with van der Waals surface area (Å²) in [7, 11) is 1.88. The Balaban J connectivity index is 0.00000103. The summed E-state index contributed by atoms with van der Waals surface area (Å²) in [5.41, 5.74) is 3.59. The van der Waals surface area contributed by atoms with Gasteiger partial charge in [0.25, 0.3) is 0 Å². The quantitative estimate of drug-likeness (QED) is 0.638. The number of piperazine rings is 1. The van der Waals surface area contributed by atoms with Crippen LogP contribution in [0.1, 0.15) is 44.7 Å². The van der Waals surface area contributed by atoms with Crippen molar-refractivity contribution in [3.63, 3.8) is 0 Å². The number of hydrogen-bond donors (Lipinski definition) is 0. The van der Waals surface area contributed by atoms with Crippen molar-refractivity contribution in [2.45, 2.75) is 45.4 Å². The number of amides is 1. The molecule has 182 valence electrons. The summed E-state index contributed by atoms with van der Waals surface area (Å²) in [6, 6.07) is 6.63. The maximum atomic E-state index is 12.3. The third kappa shape index (κ3) is 6.51. The number of rotatable bonds is 3. The van der Waals surface area contributed by atoms with E-state index < -0.39 is 0 Å². The molecule has 0 radical (unpaired) electrons. The molecule has 0 bridgehead atoms. The van der Waals surface area contributed by atoms with Gasteiger partial charge in [-0.05, 0) is 36.6 Å². The van der Waals surface area contributed by atoms with E-state index in [1.54, 1.807) is 11.8 Å². The van der Waals surface area contributed by atoms with Gasteiger partial charge in [-0.25, -0.2) is 0 Å². The lowest BCUT2D eigenvalue weighted by atomic mass is 9.76. The van der Waals surface area contributed by atoms with Crippen molar-refractivity contribution in [1.29, 1.82) is 0 Å². The molecular weight excluding hydrogens is 424 g/mol. The number of carbonyl (C=O) groups is 1. The van der Waals surface area contributed by atoms with Crippen LogP contribution in [0, 0.1) is 12.3 Å². The molecule has 0 unspecified atom stereocenters. The highest BCUT2D eigenvalue weighted by molar-refractivity contribution is 5.97. The lowest BCUT2D eigenvalue weighted by molar-refractivity contribution is -0.119. The number of anilines is 1. The van der Waals surface area contributed by atoms with Crippen molar-refractivity contribution in [3.05, 3.63) is 53.6 Å². The van der Waals surface area contributed by atoms with Crippen LogP contribution in [0.5, 0.6) is 0 Å². The zero-order chi connectivity index (χ0) is 24.6. The van der Waals surface area contributed by atoms with Gasteiger partial charge < -0.3 is 14.6 Å². The van der Waals surface area contributed by atoms with Gasteiger partial charge in [0.2, 0.25) is 5.91 Å². The molecule has 0 atom stereocenters. The average molecular weight is 463 g/mol. The Morgan fingerprint density at radius 3 is 2.59 bits per heavy atom. The second-order valence-corrected chi connectivity index (χ2v) is 9.60. The molecule has 4 rings (SSSR count). The largest absolute Gasteiger partial charge is 0.390 e. The molecule has 0 N–H and O–H groups in total. The summed E-state index contributed by atoms with van der Waals surface area (Å²) >= 11 is 0. The molecule has 34 heavy (non-hydrogen) atoms. The third-order valence-corrected chi connectivity index (χ3v) is 6.60. The molecule has 0 aromatic heterocycles. The van der Waals surface area contributed by atoms with E-state index >= 15 is 0 Å². The Hall–Kier alpha value is -3.04. The van der Waals surface area contributed by atoms with Gasteiger partial charge in [0.15, 0.2) is 0 Å². The minimum Gasteiger partial charge on any atom is -0.390 e. The van der Waals surface area contributed by atoms with Crippen molar-refractivity contribution in [1.82, 2.24) is 9.80 Å². The van der Waals surface area contributed by atoms with Gasteiger partial charge in [0, 0.05) is 63.7 Å². The Labute approximate surface area is 204 Å². The number of hydrogen-bond acceptors (Lipinski definition) is 5. The number of oxime groups is 1. The minimum atomic E-state index is -0.107. The maximum absolute atomic E-state index is 12.3. The van der Waals surface area contributed by atoms with Crippen molar-refractivity contribution >= 4 is 17.4 Å². The van der Waals surface area contributed by atoms with Gasteiger partial charge in [-0.3, -0.25) is 9.69 Å². The molecule has 0 spiro atoms. The molecule has 3 aliphatic rings. The van der Waals surface area contributed by atoms with Crippen LogP contribution in [-0.4, -0.2) is 67.9 Å². The van der Waals surface area contributed by atoms with E-state index in [-0.39, 0.29) is 11.3 Å². The van der Waals surface area contributed by atoms with Crippen LogP contribution in [0.15, 0.2) is 47.7 Å². The fourth-order valence-corrected chi connectivity index (χ4v) is 4.58. The number of fused-ring (bicyclic) bond motifs is 1. The summed E-state index contributed by atoms with van der Waals surface area (Å²) in [4.78, 5) is 24.4. The molecule has 1 aromatic rings. The highest BCUT2D eigenvalue weighted by Crippen LogP contribution is 2.40. The first-order chi connectivity index (χ1) is 16.4. The van der Waals surface area contributed by atoms with Gasteiger partial charge in [0.05, 0.1) is 0 Å². The van der Waals surface area contributed by atoms with Crippen molar-refractivity contribution in [2.75, 3.05) is 51.3 Å². The van der Waals surface area contributed by atoms with E-state index in [1.807, 2.05) is 19.2 Å². The second kappa shape index (κ2) is 11.9. The first-order valence-corrected chi connectivity index (χ1v) is 12.1. The van der Waals surface area contributed by atoms with Gasteiger partial charge in [-0.1, -0.05) is 49.4 Å². The number of terminal acetylenes is 1. The van der Waals surface area contributed by atoms with Crippen molar-refractivity contribution in [3.8, 4) is 12.3 Å². The lowest BCUT2D eigenvalue weighted by Gasteiger charge is -2.37. The number of allylic oxidation sites excluding steroid dienone is 2. The number of benzene rings is 1. The van der Waals surface area contributed by atoms with E-state index in [2.05, 4.69) is 71.5 Å². The Morgan fingerprint density at radius 2 is 1.85 bits per heavy atom. The lowest BCUT2D eigenvalue weighted by Crippen LogP contribution is -2.49. The first-order valence-electron chi connectivity index (χ1n) is 12.1. The first kappa shape index (κ1) is 25.6. The van der Waals surface area contributed by atoms with Crippen LogP contribution in [0.25, 0.3) is 0 Å². The molecule has 3 heterocycles. The fourth-order valence-electron chi connectivity index (χ4n) is 4.58. The Bertz CT molecular complexity index is 979.